The van der Waals surface area contributed by atoms with Gasteiger partial charge in [0.1, 0.15) is 12.2 Å². The van der Waals surface area contributed by atoms with E-state index in [1.54, 1.807) is 0 Å². The van der Waals surface area contributed by atoms with Crippen LogP contribution in [0.5, 0.6) is 0 Å². The van der Waals surface area contributed by atoms with Crippen LogP contribution in [-0.2, 0) is 23.8 Å². The molecule has 0 radical (unpaired) electrons. The molecule has 2 bridgehead atoms. The number of ether oxygens (including phenoxy) is 1. The maximum Gasteiger partial charge on any atom is 0.307 e. The van der Waals surface area contributed by atoms with Crippen molar-refractivity contribution in [3.63, 3.8) is 0 Å². The molecule has 92 valence electrons. The summed E-state index contributed by atoms with van der Waals surface area (Å²) < 4.78 is 32.9. The fourth-order valence-corrected chi connectivity index (χ4v) is 3.83. The molecule has 5 nitrogen and oxygen atoms in total. The van der Waals surface area contributed by atoms with E-state index in [0.717, 1.165) is 0 Å². The summed E-state index contributed by atoms with van der Waals surface area (Å²) in [6.45, 7) is 0. The Morgan fingerprint density at radius 3 is 2.88 bits per heavy atom. The first-order valence-electron chi connectivity index (χ1n) is 5.20. The molecule has 2 fully saturated rings. The summed E-state index contributed by atoms with van der Waals surface area (Å²) in [7, 11) is -3.42. The first-order chi connectivity index (χ1) is 7.53. The van der Waals surface area contributed by atoms with Crippen LogP contribution in [0.15, 0.2) is 0 Å². The van der Waals surface area contributed by atoms with E-state index in [9.17, 15) is 13.2 Å². The number of esters is 1. The van der Waals surface area contributed by atoms with Crippen LogP contribution in [0.25, 0.3) is 0 Å². The average Bonchev–Trinajstić information content (AvgIpc) is 2.43. The van der Waals surface area contributed by atoms with E-state index < -0.39 is 33.5 Å². The molecular formula is C9H13ClO5S. The van der Waals surface area contributed by atoms with Crippen LogP contribution in [0.1, 0.15) is 25.7 Å². The van der Waals surface area contributed by atoms with Crippen molar-refractivity contribution in [2.45, 2.75) is 43.1 Å². The Labute approximate surface area is 99.2 Å². The predicted octanol–water partition coefficient (Wildman–Crippen LogP) is 0.808. The van der Waals surface area contributed by atoms with E-state index in [0.29, 0.717) is 19.3 Å². The van der Waals surface area contributed by atoms with E-state index in [4.69, 9.17) is 20.5 Å². The molecule has 0 aromatic rings. The van der Waals surface area contributed by atoms with E-state index in [-0.39, 0.29) is 12.3 Å². The van der Waals surface area contributed by atoms with Crippen molar-refractivity contribution in [3.05, 3.63) is 0 Å². The molecule has 2 aliphatic rings. The van der Waals surface area contributed by atoms with Gasteiger partial charge in [0, 0.05) is 5.88 Å². The summed E-state index contributed by atoms with van der Waals surface area (Å²) in [6.07, 6.45) is 0.676. The van der Waals surface area contributed by atoms with Crippen LogP contribution in [0.3, 0.4) is 0 Å². The van der Waals surface area contributed by atoms with Crippen molar-refractivity contribution in [2.24, 2.45) is 0 Å². The summed E-state index contributed by atoms with van der Waals surface area (Å²) in [6, 6.07) is 0. The molecule has 0 amide bonds. The van der Waals surface area contributed by atoms with Crippen molar-refractivity contribution in [1.82, 2.24) is 0 Å². The van der Waals surface area contributed by atoms with Crippen molar-refractivity contribution < 1.29 is 22.1 Å². The topological polar surface area (TPSA) is 69.7 Å². The van der Waals surface area contributed by atoms with Gasteiger partial charge in [0.2, 0.25) is 0 Å². The largest absolute Gasteiger partial charge is 0.460 e. The Balaban J connectivity index is 1.97. The lowest BCUT2D eigenvalue weighted by molar-refractivity contribution is -0.154. The van der Waals surface area contributed by atoms with Gasteiger partial charge < -0.3 is 4.74 Å². The molecule has 16 heavy (non-hydrogen) atoms. The van der Waals surface area contributed by atoms with Gasteiger partial charge in [-0.2, -0.15) is 8.42 Å². The van der Waals surface area contributed by atoms with Crippen LogP contribution < -0.4 is 0 Å². The van der Waals surface area contributed by atoms with Gasteiger partial charge in [-0.25, -0.2) is 0 Å². The summed E-state index contributed by atoms with van der Waals surface area (Å²) >= 11 is 5.41. The Kier molecular flexibility index (Phi) is 3.42. The Morgan fingerprint density at radius 2 is 2.19 bits per heavy atom. The monoisotopic (exact) mass is 268 g/mol. The minimum atomic E-state index is -3.42. The third-order valence-corrected chi connectivity index (χ3v) is 4.88. The zero-order valence-corrected chi connectivity index (χ0v) is 10.2. The molecule has 3 atom stereocenters. The molecule has 7 heteroatoms. The highest BCUT2D eigenvalue weighted by molar-refractivity contribution is 7.87. The molecule has 1 heterocycles. The number of hydrogen-bond donors (Lipinski definition) is 0. The molecule has 0 aromatic carbocycles. The first kappa shape index (κ1) is 12.1. The minimum Gasteiger partial charge on any atom is -0.460 e. The summed E-state index contributed by atoms with van der Waals surface area (Å²) in [5.41, 5.74) is 0. The van der Waals surface area contributed by atoms with E-state index in [1.807, 2.05) is 0 Å². The van der Waals surface area contributed by atoms with E-state index in [1.165, 1.54) is 0 Å². The van der Waals surface area contributed by atoms with Crippen LogP contribution in [0.2, 0.25) is 0 Å². The molecule has 2 rings (SSSR count). The third-order valence-electron chi connectivity index (χ3n) is 2.93. The molecular weight excluding hydrogens is 256 g/mol. The third kappa shape index (κ3) is 2.33. The van der Waals surface area contributed by atoms with Gasteiger partial charge >= 0.3 is 5.97 Å². The lowest BCUT2D eigenvalue weighted by Gasteiger charge is -2.24. The van der Waals surface area contributed by atoms with Crippen molar-refractivity contribution in [2.75, 3.05) is 5.88 Å². The van der Waals surface area contributed by atoms with Gasteiger partial charge in [0.05, 0.1) is 11.7 Å². The first-order valence-corrected chi connectivity index (χ1v) is 7.21. The number of halogens is 1. The van der Waals surface area contributed by atoms with Crippen LogP contribution in [0.4, 0.5) is 0 Å². The highest BCUT2D eigenvalue weighted by Crippen LogP contribution is 2.37. The normalized spacial score (nSPS) is 35.9. The van der Waals surface area contributed by atoms with Gasteiger partial charge in [0.25, 0.3) is 10.1 Å². The smallest absolute Gasteiger partial charge is 0.307 e. The highest BCUT2D eigenvalue weighted by Gasteiger charge is 2.48. The van der Waals surface area contributed by atoms with Gasteiger partial charge in [0.15, 0.2) is 0 Å². The molecule has 0 spiro atoms. The summed E-state index contributed by atoms with van der Waals surface area (Å²) in [5, 5.41) is -0.416. The second kappa shape index (κ2) is 4.50. The SMILES string of the molecule is O=C(CCCl)OC1CCC2CC1OS2(=O)=O. The maximum atomic E-state index is 11.4. The van der Waals surface area contributed by atoms with Gasteiger partial charge in [-0.15, -0.1) is 11.6 Å². The minimum absolute atomic E-state index is 0.140. The van der Waals surface area contributed by atoms with E-state index in [2.05, 4.69) is 0 Å². The van der Waals surface area contributed by atoms with Gasteiger partial charge in [-0.3, -0.25) is 8.98 Å². The number of fused-ring (bicyclic) bond motifs is 2. The molecule has 0 N–H and O–H groups in total. The van der Waals surface area contributed by atoms with Crippen LogP contribution in [0, 0.1) is 0 Å². The zero-order chi connectivity index (χ0) is 11.8. The number of carbonyl (C=O) groups excluding carboxylic acids is 1. The number of alkyl halides is 1. The fraction of sp³-hybridized carbons (Fsp3) is 0.889. The highest BCUT2D eigenvalue weighted by atomic mass is 35.5. The van der Waals surface area contributed by atoms with Crippen molar-refractivity contribution in [1.29, 1.82) is 0 Å². The van der Waals surface area contributed by atoms with Crippen LogP contribution >= 0.6 is 11.6 Å². The Morgan fingerprint density at radius 1 is 1.44 bits per heavy atom. The number of hydrogen-bond acceptors (Lipinski definition) is 5. The van der Waals surface area contributed by atoms with Gasteiger partial charge in [-0.1, -0.05) is 0 Å². The predicted molar refractivity (Wildman–Crippen MR) is 56.6 cm³/mol. The summed E-state index contributed by atoms with van der Waals surface area (Å²) in [5.74, 6) is -0.191. The summed E-state index contributed by atoms with van der Waals surface area (Å²) in [4.78, 5) is 11.2. The van der Waals surface area contributed by atoms with E-state index >= 15 is 0 Å². The Bertz CT molecular complexity index is 379. The average molecular weight is 269 g/mol. The second-order valence-corrected chi connectivity index (χ2v) is 6.25. The quantitative estimate of drug-likeness (QED) is 0.430. The molecule has 3 unspecified atom stereocenters. The fourth-order valence-electron chi connectivity index (χ4n) is 2.12. The number of carbonyl (C=O) groups is 1. The Hall–Kier alpha value is -0.330. The molecule has 1 saturated heterocycles. The molecule has 1 aliphatic carbocycles. The lowest BCUT2D eigenvalue weighted by atomic mass is 9.94. The zero-order valence-electron chi connectivity index (χ0n) is 8.60. The second-order valence-electron chi connectivity index (χ2n) is 4.03. The maximum absolute atomic E-state index is 11.4. The standard InChI is InChI=1S/C9H13ClO5S/c10-4-3-9(11)14-7-2-1-6-5-8(7)15-16(6,12)13/h6-8H,1-5H2. The lowest BCUT2D eigenvalue weighted by Crippen LogP contribution is -2.34. The van der Waals surface area contributed by atoms with Crippen molar-refractivity contribution >= 4 is 27.7 Å². The molecule has 1 aliphatic heterocycles. The van der Waals surface area contributed by atoms with Crippen molar-refractivity contribution in [3.8, 4) is 0 Å². The molecule has 0 aromatic heterocycles. The van der Waals surface area contributed by atoms with Gasteiger partial charge in [-0.05, 0) is 19.3 Å². The number of rotatable bonds is 3. The molecule has 1 saturated carbocycles. The van der Waals surface area contributed by atoms with Crippen LogP contribution in [-0.4, -0.2) is 37.7 Å².